The van der Waals surface area contributed by atoms with Crippen molar-refractivity contribution in [3.63, 3.8) is 0 Å². The topological polar surface area (TPSA) is 38.1 Å². The fourth-order valence-corrected chi connectivity index (χ4v) is 1.69. The smallest absolute Gasteiger partial charge is 0.295 e. The lowest BCUT2D eigenvalue weighted by Crippen LogP contribution is -2.00. The summed E-state index contributed by atoms with van der Waals surface area (Å²) < 4.78 is 6.55. The second-order valence-electron chi connectivity index (χ2n) is 3.41. The molecule has 0 amide bonds. The van der Waals surface area contributed by atoms with Gasteiger partial charge in [0, 0.05) is 11.0 Å². The molecule has 1 heterocycles. The molecular weight excluding hydrogens is 256 g/mol. The highest BCUT2D eigenvalue weighted by Gasteiger charge is 2.04. The first-order chi connectivity index (χ1) is 7.29. The van der Waals surface area contributed by atoms with E-state index in [1.165, 1.54) is 6.42 Å². The molecular formula is C11H13BrN2O. The summed E-state index contributed by atoms with van der Waals surface area (Å²) in [5, 5.41) is 3.16. The van der Waals surface area contributed by atoms with E-state index >= 15 is 0 Å². The van der Waals surface area contributed by atoms with Crippen LogP contribution in [0.4, 0.5) is 6.01 Å². The highest BCUT2D eigenvalue weighted by atomic mass is 79.9. The van der Waals surface area contributed by atoms with Crippen LogP contribution in [0.15, 0.2) is 27.1 Å². The van der Waals surface area contributed by atoms with Crippen LogP contribution in [-0.4, -0.2) is 11.5 Å². The zero-order valence-corrected chi connectivity index (χ0v) is 10.2. The third kappa shape index (κ3) is 2.50. The SMILES string of the molecule is CCCCNc1nc2ccc(Br)cc2o1. The number of halogens is 1. The zero-order valence-electron chi connectivity index (χ0n) is 8.59. The fourth-order valence-electron chi connectivity index (χ4n) is 1.35. The average Bonchev–Trinajstić information content (AvgIpc) is 2.60. The van der Waals surface area contributed by atoms with Crippen LogP contribution >= 0.6 is 15.9 Å². The Kier molecular flexibility index (Phi) is 3.26. The van der Waals surface area contributed by atoms with Crippen LogP contribution in [0.1, 0.15) is 19.8 Å². The van der Waals surface area contributed by atoms with E-state index in [4.69, 9.17) is 4.42 Å². The zero-order chi connectivity index (χ0) is 10.7. The van der Waals surface area contributed by atoms with Crippen molar-refractivity contribution in [1.29, 1.82) is 0 Å². The molecule has 1 aromatic carbocycles. The Bertz CT molecular complexity index is 453. The average molecular weight is 269 g/mol. The normalized spacial score (nSPS) is 10.8. The van der Waals surface area contributed by atoms with E-state index in [0.717, 1.165) is 28.5 Å². The van der Waals surface area contributed by atoms with Gasteiger partial charge in [0.1, 0.15) is 5.52 Å². The van der Waals surface area contributed by atoms with Crippen LogP contribution in [0, 0.1) is 0 Å². The standard InChI is InChI=1S/C11H13BrN2O/c1-2-3-6-13-11-14-9-5-4-8(12)7-10(9)15-11/h4-5,7H,2-3,6H2,1H3,(H,13,14). The molecule has 0 saturated carbocycles. The van der Waals surface area contributed by atoms with Crippen LogP contribution in [0.3, 0.4) is 0 Å². The van der Waals surface area contributed by atoms with Gasteiger partial charge in [0.25, 0.3) is 6.01 Å². The van der Waals surface area contributed by atoms with Gasteiger partial charge >= 0.3 is 0 Å². The van der Waals surface area contributed by atoms with Crippen LogP contribution < -0.4 is 5.32 Å². The molecule has 80 valence electrons. The number of fused-ring (bicyclic) bond motifs is 1. The van der Waals surface area contributed by atoms with Crippen LogP contribution in [0.25, 0.3) is 11.1 Å². The summed E-state index contributed by atoms with van der Waals surface area (Å²) in [5.41, 5.74) is 1.69. The van der Waals surface area contributed by atoms with Gasteiger partial charge in [-0.1, -0.05) is 29.3 Å². The highest BCUT2D eigenvalue weighted by Crippen LogP contribution is 2.22. The molecule has 3 nitrogen and oxygen atoms in total. The number of benzene rings is 1. The maximum Gasteiger partial charge on any atom is 0.295 e. The number of rotatable bonds is 4. The lowest BCUT2D eigenvalue weighted by atomic mass is 10.3. The highest BCUT2D eigenvalue weighted by molar-refractivity contribution is 9.10. The Balaban J connectivity index is 2.16. The minimum absolute atomic E-state index is 0.608. The molecule has 1 N–H and O–H groups in total. The summed E-state index contributed by atoms with van der Waals surface area (Å²) in [6.45, 7) is 3.06. The van der Waals surface area contributed by atoms with Gasteiger partial charge in [0.2, 0.25) is 0 Å². The van der Waals surface area contributed by atoms with Crippen molar-refractivity contribution < 1.29 is 4.42 Å². The Morgan fingerprint density at radius 3 is 3.13 bits per heavy atom. The van der Waals surface area contributed by atoms with E-state index in [-0.39, 0.29) is 0 Å². The van der Waals surface area contributed by atoms with E-state index in [2.05, 4.69) is 33.2 Å². The number of hydrogen-bond donors (Lipinski definition) is 1. The number of nitrogens with zero attached hydrogens (tertiary/aromatic N) is 1. The molecule has 0 unspecified atom stereocenters. The fraction of sp³-hybridized carbons (Fsp3) is 0.364. The van der Waals surface area contributed by atoms with E-state index in [1.54, 1.807) is 0 Å². The Labute approximate surface area is 97.0 Å². The van der Waals surface area contributed by atoms with Crippen molar-refractivity contribution >= 4 is 33.0 Å². The van der Waals surface area contributed by atoms with Crippen LogP contribution in [0.5, 0.6) is 0 Å². The van der Waals surface area contributed by atoms with E-state index < -0.39 is 0 Å². The summed E-state index contributed by atoms with van der Waals surface area (Å²) in [5.74, 6) is 0. The van der Waals surface area contributed by atoms with Crippen molar-refractivity contribution in [3.05, 3.63) is 22.7 Å². The largest absolute Gasteiger partial charge is 0.424 e. The minimum atomic E-state index is 0.608. The molecule has 1 aromatic heterocycles. The van der Waals surface area contributed by atoms with Crippen molar-refractivity contribution in [2.45, 2.75) is 19.8 Å². The predicted molar refractivity (Wildman–Crippen MR) is 65.1 cm³/mol. The molecule has 15 heavy (non-hydrogen) atoms. The van der Waals surface area contributed by atoms with E-state index in [9.17, 15) is 0 Å². The third-order valence-corrected chi connectivity index (χ3v) is 2.65. The molecule has 2 aromatic rings. The molecule has 0 bridgehead atoms. The van der Waals surface area contributed by atoms with E-state index in [1.807, 2.05) is 18.2 Å². The number of oxazole rings is 1. The summed E-state index contributed by atoms with van der Waals surface area (Å²) in [6.07, 6.45) is 2.29. The second kappa shape index (κ2) is 4.66. The maximum absolute atomic E-state index is 5.54. The molecule has 0 aliphatic carbocycles. The van der Waals surface area contributed by atoms with Crippen molar-refractivity contribution in [2.24, 2.45) is 0 Å². The molecule has 2 rings (SSSR count). The van der Waals surface area contributed by atoms with Gasteiger partial charge in [-0.25, -0.2) is 0 Å². The summed E-state index contributed by atoms with van der Waals surface area (Å²) in [4.78, 5) is 4.33. The second-order valence-corrected chi connectivity index (χ2v) is 4.33. The van der Waals surface area contributed by atoms with E-state index in [0.29, 0.717) is 6.01 Å². The van der Waals surface area contributed by atoms with Crippen molar-refractivity contribution in [1.82, 2.24) is 4.98 Å². The van der Waals surface area contributed by atoms with Gasteiger partial charge in [-0.2, -0.15) is 4.98 Å². The summed E-state index contributed by atoms with van der Waals surface area (Å²) >= 11 is 3.40. The molecule has 0 aliphatic heterocycles. The maximum atomic E-state index is 5.54. The third-order valence-electron chi connectivity index (χ3n) is 2.16. The van der Waals surface area contributed by atoms with Gasteiger partial charge in [-0.05, 0) is 24.6 Å². The first kappa shape index (κ1) is 10.5. The first-order valence-electron chi connectivity index (χ1n) is 5.09. The predicted octanol–water partition coefficient (Wildman–Crippen LogP) is 3.80. The monoisotopic (exact) mass is 268 g/mol. The number of hydrogen-bond acceptors (Lipinski definition) is 3. The summed E-state index contributed by atoms with van der Waals surface area (Å²) in [6, 6.07) is 6.43. The number of aromatic nitrogens is 1. The lowest BCUT2D eigenvalue weighted by Gasteiger charge is -1.97. The van der Waals surface area contributed by atoms with Gasteiger partial charge in [0.15, 0.2) is 5.58 Å². The molecule has 0 atom stereocenters. The molecule has 0 saturated heterocycles. The van der Waals surface area contributed by atoms with Gasteiger partial charge in [-0.15, -0.1) is 0 Å². The molecule has 0 aliphatic rings. The van der Waals surface area contributed by atoms with Crippen LogP contribution in [0.2, 0.25) is 0 Å². The van der Waals surface area contributed by atoms with Crippen molar-refractivity contribution in [3.8, 4) is 0 Å². The number of anilines is 1. The van der Waals surface area contributed by atoms with Gasteiger partial charge < -0.3 is 9.73 Å². The molecule has 0 spiro atoms. The minimum Gasteiger partial charge on any atom is -0.424 e. The Morgan fingerprint density at radius 2 is 2.33 bits per heavy atom. The molecule has 4 heteroatoms. The Hall–Kier alpha value is -1.03. The Morgan fingerprint density at radius 1 is 1.47 bits per heavy atom. The van der Waals surface area contributed by atoms with Gasteiger partial charge in [0.05, 0.1) is 0 Å². The van der Waals surface area contributed by atoms with Crippen molar-refractivity contribution in [2.75, 3.05) is 11.9 Å². The van der Waals surface area contributed by atoms with Crippen LogP contribution in [-0.2, 0) is 0 Å². The molecule has 0 radical (unpaired) electrons. The molecule has 0 fully saturated rings. The number of nitrogens with one attached hydrogen (secondary N) is 1. The number of unbranched alkanes of at least 4 members (excludes halogenated alkanes) is 1. The quantitative estimate of drug-likeness (QED) is 0.858. The first-order valence-corrected chi connectivity index (χ1v) is 5.89. The summed E-state index contributed by atoms with van der Waals surface area (Å²) in [7, 11) is 0. The van der Waals surface area contributed by atoms with Gasteiger partial charge in [-0.3, -0.25) is 0 Å². The lowest BCUT2D eigenvalue weighted by molar-refractivity contribution is 0.611.